The predicted octanol–water partition coefficient (Wildman–Crippen LogP) is 3.07. The molecule has 1 rings (SSSR count). The summed E-state index contributed by atoms with van der Waals surface area (Å²) in [5, 5.41) is 21.4. The van der Waals surface area contributed by atoms with Crippen molar-refractivity contribution in [3.8, 4) is 0 Å². The van der Waals surface area contributed by atoms with E-state index in [0.717, 1.165) is 17.1 Å². The van der Waals surface area contributed by atoms with Crippen molar-refractivity contribution < 1.29 is 15.0 Å². The van der Waals surface area contributed by atoms with Gasteiger partial charge in [-0.1, -0.05) is 13.0 Å². The summed E-state index contributed by atoms with van der Waals surface area (Å²) in [6.07, 6.45) is 1.51. The third-order valence-corrected chi connectivity index (χ3v) is 3.68. The maximum atomic E-state index is 11.4. The molecule has 0 radical (unpaired) electrons. The van der Waals surface area contributed by atoms with E-state index < -0.39 is 5.97 Å². The molecule has 0 heterocycles. The van der Waals surface area contributed by atoms with Crippen LogP contribution in [0.3, 0.4) is 0 Å². The molecule has 3 N–H and O–H groups in total. The van der Waals surface area contributed by atoms with Crippen LogP contribution in [-0.4, -0.2) is 34.6 Å². The van der Waals surface area contributed by atoms with Crippen LogP contribution in [0.1, 0.15) is 37.0 Å². The number of carboxylic acids is 1. The fraction of sp³-hybridized carbons (Fsp3) is 0.500. The number of hydrogen-bond acceptors (Lipinski definition) is 4. The first kappa shape index (κ1) is 15.9. The van der Waals surface area contributed by atoms with E-state index in [1.165, 1.54) is 11.8 Å². The summed E-state index contributed by atoms with van der Waals surface area (Å²) >= 11 is 1.53. The van der Waals surface area contributed by atoms with Crippen LogP contribution in [-0.2, 0) is 0 Å². The first-order valence-corrected chi connectivity index (χ1v) is 7.45. The minimum atomic E-state index is -0.909. The van der Waals surface area contributed by atoms with E-state index in [-0.39, 0.29) is 12.6 Å². The van der Waals surface area contributed by atoms with Gasteiger partial charge < -0.3 is 15.5 Å². The van der Waals surface area contributed by atoms with Gasteiger partial charge in [-0.15, -0.1) is 11.8 Å². The molecule has 1 atom stereocenters. The smallest absolute Gasteiger partial charge is 0.338 e. The third kappa shape index (κ3) is 4.76. The number of carboxylic acid groups (broad SMARTS) is 1. The average Bonchev–Trinajstić information content (AvgIpc) is 2.36. The Balaban J connectivity index is 2.93. The molecule has 1 aromatic carbocycles. The Kier molecular flexibility index (Phi) is 6.73. The average molecular weight is 283 g/mol. The summed E-state index contributed by atoms with van der Waals surface area (Å²) in [4.78, 5) is 12.2. The lowest BCUT2D eigenvalue weighted by Crippen LogP contribution is -2.18. The molecule has 0 aliphatic rings. The van der Waals surface area contributed by atoms with Gasteiger partial charge in [0.2, 0.25) is 0 Å². The molecule has 0 aliphatic heterocycles. The Morgan fingerprint density at radius 3 is 2.79 bits per heavy atom. The first-order chi connectivity index (χ1) is 9.10. The highest BCUT2D eigenvalue weighted by Crippen LogP contribution is 2.29. The predicted molar refractivity (Wildman–Crippen MR) is 79.2 cm³/mol. The summed E-state index contributed by atoms with van der Waals surface area (Å²) in [7, 11) is 0. The molecule has 5 heteroatoms. The summed E-state index contributed by atoms with van der Waals surface area (Å²) in [5.41, 5.74) is 0.988. The summed E-state index contributed by atoms with van der Waals surface area (Å²) in [5.74, 6) is -0.0718. The number of anilines is 1. The number of nitrogens with one attached hydrogen (secondary N) is 1. The van der Waals surface area contributed by atoms with E-state index in [9.17, 15) is 9.90 Å². The zero-order valence-corrected chi connectivity index (χ0v) is 12.2. The fourth-order valence-electron chi connectivity index (χ4n) is 1.88. The van der Waals surface area contributed by atoms with Crippen molar-refractivity contribution >= 4 is 23.4 Å². The van der Waals surface area contributed by atoms with Crippen molar-refractivity contribution in [3.05, 3.63) is 23.8 Å². The molecule has 0 aromatic heterocycles. The Labute approximate surface area is 118 Å². The van der Waals surface area contributed by atoms with Crippen LogP contribution < -0.4 is 5.32 Å². The van der Waals surface area contributed by atoms with Crippen LogP contribution in [0.4, 0.5) is 5.69 Å². The van der Waals surface area contributed by atoms with E-state index in [0.29, 0.717) is 17.7 Å². The van der Waals surface area contributed by atoms with Gasteiger partial charge in [-0.2, -0.15) is 0 Å². The van der Waals surface area contributed by atoms with Gasteiger partial charge in [0.05, 0.1) is 11.3 Å². The third-order valence-electron chi connectivity index (χ3n) is 2.74. The number of aromatic carboxylic acids is 1. The number of aliphatic hydroxyl groups excluding tert-OH is 1. The minimum absolute atomic E-state index is 0.132. The van der Waals surface area contributed by atoms with Gasteiger partial charge in [-0.3, -0.25) is 0 Å². The molecule has 0 bridgehead atoms. The van der Waals surface area contributed by atoms with Crippen molar-refractivity contribution in [3.63, 3.8) is 0 Å². The normalized spacial score (nSPS) is 12.2. The number of hydrogen-bond donors (Lipinski definition) is 3. The molecule has 106 valence electrons. The second kappa shape index (κ2) is 8.07. The van der Waals surface area contributed by atoms with E-state index in [1.54, 1.807) is 6.07 Å². The minimum Gasteiger partial charge on any atom is -0.478 e. The van der Waals surface area contributed by atoms with Crippen LogP contribution >= 0.6 is 11.8 Å². The van der Waals surface area contributed by atoms with E-state index in [2.05, 4.69) is 5.32 Å². The number of carbonyl (C=O) groups is 1. The molecule has 0 amide bonds. The van der Waals surface area contributed by atoms with Crippen LogP contribution in [0.15, 0.2) is 23.1 Å². The second-order valence-corrected chi connectivity index (χ2v) is 5.63. The lowest BCUT2D eigenvalue weighted by molar-refractivity contribution is 0.0694. The molecule has 0 saturated carbocycles. The van der Waals surface area contributed by atoms with E-state index in [1.807, 2.05) is 26.0 Å². The number of aliphatic hydroxyl groups is 1. The quantitative estimate of drug-likeness (QED) is 0.640. The van der Waals surface area contributed by atoms with Gasteiger partial charge in [-0.05, 0) is 37.7 Å². The molecule has 19 heavy (non-hydrogen) atoms. The Hall–Kier alpha value is -1.20. The molecule has 0 aliphatic carbocycles. The molecule has 0 spiro atoms. The van der Waals surface area contributed by atoms with Gasteiger partial charge in [0, 0.05) is 17.5 Å². The van der Waals surface area contributed by atoms with Crippen LogP contribution in [0.5, 0.6) is 0 Å². The number of thioether (sulfide) groups is 1. The van der Waals surface area contributed by atoms with Gasteiger partial charge >= 0.3 is 5.97 Å². The summed E-state index contributed by atoms with van der Waals surface area (Å²) < 4.78 is 0. The molecule has 1 unspecified atom stereocenters. The highest BCUT2D eigenvalue weighted by molar-refractivity contribution is 7.99. The van der Waals surface area contributed by atoms with Crippen molar-refractivity contribution in [2.45, 2.75) is 37.6 Å². The van der Waals surface area contributed by atoms with Crippen molar-refractivity contribution in [2.75, 3.05) is 17.7 Å². The maximum absolute atomic E-state index is 11.4. The lowest BCUT2D eigenvalue weighted by Gasteiger charge is -2.18. The monoisotopic (exact) mass is 283 g/mol. The Morgan fingerprint density at radius 1 is 1.47 bits per heavy atom. The molecular formula is C14H21NO3S. The first-order valence-electron chi connectivity index (χ1n) is 6.46. The summed E-state index contributed by atoms with van der Waals surface area (Å²) in [6, 6.07) is 5.62. The van der Waals surface area contributed by atoms with Crippen molar-refractivity contribution in [1.82, 2.24) is 0 Å². The highest BCUT2D eigenvalue weighted by Gasteiger charge is 2.16. The fourth-order valence-corrected chi connectivity index (χ4v) is 2.71. The molecular weight excluding hydrogens is 262 g/mol. The molecule has 0 saturated heterocycles. The largest absolute Gasteiger partial charge is 0.478 e. The Morgan fingerprint density at radius 2 is 2.21 bits per heavy atom. The van der Waals surface area contributed by atoms with Crippen molar-refractivity contribution in [2.24, 2.45) is 0 Å². The molecule has 0 fully saturated rings. The Bertz CT molecular complexity index is 423. The van der Waals surface area contributed by atoms with Crippen LogP contribution in [0.25, 0.3) is 0 Å². The highest BCUT2D eigenvalue weighted by atomic mass is 32.2. The van der Waals surface area contributed by atoms with Gasteiger partial charge in [-0.25, -0.2) is 4.79 Å². The van der Waals surface area contributed by atoms with Crippen LogP contribution in [0.2, 0.25) is 0 Å². The van der Waals surface area contributed by atoms with Gasteiger partial charge in [0.25, 0.3) is 0 Å². The number of benzene rings is 1. The molecule has 4 nitrogen and oxygen atoms in total. The second-order valence-electron chi connectivity index (χ2n) is 4.33. The number of rotatable bonds is 8. The SMILES string of the molecule is CCSc1cccc(NC(C)CCCO)c1C(=O)O. The lowest BCUT2D eigenvalue weighted by atomic mass is 10.1. The zero-order valence-electron chi connectivity index (χ0n) is 11.3. The van der Waals surface area contributed by atoms with E-state index in [4.69, 9.17) is 5.11 Å². The topological polar surface area (TPSA) is 69.6 Å². The maximum Gasteiger partial charge on any atom is 0.338 e. The van der Waals surface area contributed by atoms with Gasteiger partial charge in [0.1, 0.15) is 0 Å². The molecule has 1 aromatic rings. The van der Waals surface area contributed by atoms with Crippen LogP contribution in [0, 0.1) is 0 Å². The van der Waals surface area contributed by atoms with E-state index >= 15 is 0 Å². The zero-order chi connectivity index (χ0) is 14.3. The van der Waals surface area contributed by atoms with Gasteiger partial charge in [0.15, 0.2) is 0 Å². The standard InChI is InChI=1S/C14H21NO3S/c1-3-19-12-8-4-7-11(13(12)14(17)18)15-10(2)6-5-9-16/h4,7-8,10,15-16H,3,5-6,9H2,1-2H3,(H,17,18). The summed E-state index contributed by atoms with van der Waals surface area (Å²) in [6.45, 7) is 4.14. The van der Waals surface area contributed by atoms with Crippen molar-refractivity contribution in [1.29, 1.82) is 0 Å².